The Bertz CT molecular complexity index is 2300. The monoisotopic (exact) mass is 1250 g/mol. The number of rotatable bonds is 61. The molecule has 0 aromatic rings. The van der Waals surface area contributed by atoms with Crippen LogP contribution in [0.3, 0.4) is 0 Å². The first-order valence-electron chi connectivity index (χ1n) is 34.9. The van der Waals surface area contributed by atoms with Crippen molar-refractivity contribution in [2.24, 2.45) is 0 Å². The fourth-order valence-corrected chi connectivity index (χ4v) is 8.48. The van der Waals surface area contributed by atoms with Gasteiger partial charge in [-0.1, -0.05) is 278 Å². The minimum atomic E-state index is -1.54. The second-order valence-electron chi connectivity index (χ2n) is 23.4. The lowest BCUT2D eigenvalue weighted by molar-refractivity contribution is -0.870. The number of unbranched alkanes of at least 4 members (excludes halogenated alkanes) is 10. The van der Waals surface area contributed by atoms with Crippen LogP contribution in [0.15, 0.2) is 219 Å². The van der Waals surface area contributed by atoms with Crippen molar-refractivity contribution in [3.05, 3.63) is 219 Å². The summed E-state index contributed by atoms with van der Waals surface area (Å²) in [6.07, 6.45) is 108. The summed E-state index contributed by atoms with van der Waals surface area (Å²) in [6, 6.07) is 0. The summed E-state index contributed by atoms with van der Waals surface area (Å²) in [7, 11) is 5.94. The third-order valence-corrected chi connectivity index (χ3v) is 13.7. The van der Waals surface area contributed by atoms with Crippen LogP contribution in [0.4, 0.5) is 0 Å². The van der Waals surface area contributed by atoms with Crippen LogP contribution in [0.2, 0.25) is 0 Å². The fraction of sp³-hybridized carbons (Fsp3) is 0.524. The Labute approximate surface area is 556 Å². The third kappa shape index (κ3) is 70.9. The molecule has 506 valence electrons. The molecule has 0 aromatic carbocycles. The third-order valence-electron chi connectivity index (χ3n) is 13.7. The molecule has 1 N–H and O–H groups in total. The van der Waals surface area contributed by atoms with Gasteiger partial charge in [0, 0.05) is 12.8 Å². The zero-order valence-corrected chi connectivity index (χ0v) is 57.6. The van der Waals surface area contributed by atoms with Gasteiger partial charge in [0.1, 0.15) is 13.2 Å². The average Bonchev–Trinajstić information content (AvgIpc) is 3.50. The average molecular weight is 1250 g/mol. The maximum Gasteiger partial charge on any atom is 0.361 e. The Hall–Kier alpha value is -6.39. The normalized spacial score (nSPS) is 14.1. The highest BCUT2D eigenvalue weighted by molar-refractivity contribution is 5.71. The molecule has 0 saturated carbocycles. The number of carboxylic acids is 1. The molecular weight excluding hydrogens is 1130 g/mol. The summed E-state index contributed by atoms with van der Waals surface area (Å²) >= 11 is 0. The molecule has 0 aliphatic heterocycles. The topological polar surface area (TPSA) is 108 Å². The maximum absolute atomic E-state index is 12.9. The van der Waals surface area contributed by atoms with Gasteiger partial charge in [-0.15, -0.1) is 0 Å². The van der Waals surface area contributed by atoms with Gasteiger partial charge < -0.3 is 28.5 Å². The maximum atomic E-state index is 12.9. The molecule has 0 amide bonds. The van der Waals surface area contributed by atoms with Gasteiger partial charge >= 0.3 is 17.9 Å². The number of carbonyl (C=O) groups is 3. The fourth-order valence-electron chi connectivity index (χ4n) is 8.48. The minimum absolute atomic E-state index is 0.164. The quantitative estimate of drug-likeness (QED) is 0.0211. The molecule has 9 heteroatoms. The van der Waals surface area contributed by atoms with E-state index in [1.54, 1.807) is 0 Å². The summed E-state index contributed by atoms with van der Waals surface area (Å²) in [5, 5.41) is 9.74. The van der Waals surface area contributed by atoms with Crippen molar-refractivity contribution in [2.75, 3.05) is 47.5 Å². The molecule has 9 nitrogen and oxygen atoms in total. The zero-order valence-electron chi connectivity index (χ0n) is 57.6. The Morgan fingerprint density at radius 2 is 0.604 bits per heavy atom. The Morgan fingerprint density at radius 1 is 0.330 bits per heavy atom. The van der Waals surface area contributed by atoms with E-state index in [4.69, 9.17) is 18.9 Å². The Kier molecular flexibility index (Phi) is 64.6. The van der Waals surface area contributed by atoms with Gasteiger partial charge in [-0.05, 0) is 148 Å². The van der Waals surface area contributed by atoms with E-state index in [9.17, 15) is 19.5 Å². The standard InChI is InChI=1S/C82H125NO8/c1-6-8-10-12-14-16-18-20-22-24-26-28-30-32-34-36-37-38-39-40-41-42-43-45-47-49-51-53-55-57-59-61-63-65-67-69-71-73-80(85)91-78(77-90-82(81(86)87)88-75-74-83(3,4)5)76-89-79(84)72-70-68-66-64-62-60-58-56-54-52-50-48-46-44-35-33-31-29-27-25-23-21-19-17-15-13-11-9-7-2/h8-11,14-17,20-23,26-29,32-35,37-38,40-41,43,45-46,48-49,51-52,54,58,60,64,66,78,82H,6-7,12-13,18-19,24-25,30-31,36,39,42,44,47,50,53,55-57,59,61-63,65,67-77H2,1-5H3/p+1/b10-8-,11-9-,16-14-,17-15-,22-20-,23-21-,28-26-,29-27-,34-32-,35-33-,38-37-,41-40-,45-43-,48-46-,51-49-,54-52-,60-58-,66-64-. The number of aliphatic carboxylic acids is 1. The van der Waals surface area contributed by atoms with Crippen molar-refractivity contribution in [1.82, 2.24) is 0 Å². The second-order valence-corrected chi connectivity index (χ2v) is 23.4. The lowest BCUT2D eigenvalue weighted by atomic mass is 10.1. The van der Waals surface area contributed by atoms with Crippen molar-refractivity contribution >= 4 is 17.9 Å². The SMILES string of the molecule is CC/C=C\C/C=C\C/C=C\C/C=C\C/C=C\C/C=C\C/C=C\C/C=C\C/C=C\CCCCCCCCCCCC(=O)OC(COC(=O)CCC/C=C\C/C=C\C/C=C\C/C=C\C/C=C\C/C=C\C/C=C\C/C=C\C/C=C\CC)COC(OCC[N+](C)(C)C)C(=O)O. The number of esters is 2. The summed E-state index contributed by atoms with van der Waals surface area (Å²) in [5.41, 5.74) is 0. The van der Waals surface area contributed by atoms with Crippen LogP contribution in [-0.2, 0) is 33.3 Å². The highest BCUT2D eigenvalue weighted by atomic mass is 16.7. The van der Waals surface area contributed by atoms with E-state index in [1.807, 2.05) is 21.1 Å². The molecule has 0 bridgehead atoms. The highest BCUT2D eigenvalue weighted by Crippen LogP contribution is 2.14. The molecule has 2 unspecified atom stereocenters. The number of nitrogens with zero attached hydrogens (tertiary/aromatic N) is 1. The predicted octanol–water partition coefficient (Wildman–Crippen LogP) is 22.1. The molecular formula is C82H126NO8+. The number of carboxylic acid groups (broad SMARTS) is 1. The van der Waals surface area contributed by atoms with E-state index in [0.29, 0.717) is 23.9 Å². The van der Waals surface area contributed by atoms with Crippen LogP contribution >= 0.6 is 0 Å². The lowest BCUT2D eigenvalue weighted by Gasteiger charge is -2.25. The molecule has 0 spiro atoms. The molecule has 0 heterocycles. The van der Waals surface area contributed by atoms with Gasteiger partial charge in [0.15, 0.2) is 6.10 Å². The van der Waals surface area contributed by atoms with Crippen molar-refractivity contribution in [3.8, 4) is 0 Å². The van der Waals surface area contributed by atoms with Crippen molar-refractivity contribution < 1.29 is 42.9 Å². The summed E-state index contributed by atoms with van der Waals surface area (Å²) < 4.78 is 22.9. The minimum Gasteiger partial charge on any atom is -0.477 e. The number of hydrogen-bond donors (Lipinski definition) is 1. The van der Waals surface area contributed by atoms with Crippen molar-refractivity contribution in [3.63, 3.8) is 0 Å². The molecule has 0 saturated heterocycles. The van der Waals surface area contributed by atoms with Crippen LogP contribution in [0, 0.1) is 0 Å². The first-order valence-corrected chi connectivity index (χ1v) is 34.9. The first kappa shape index (κ1) is 84.6. The van der Waals surface area contributed by atoms with Gasteiger partial charge in [0.2, 0.25) is 0 Å². The highest BCUT2D eigenvalue weighted by Gasteiger charge is 2.25. The lowest BCUT2D eigenvalue weighted by Crippen LogP contribution is -2.40. The number of ether oxygens (including phenoxy) is 4. The van der Waals surface area contributed by atoms with E-state index < -0.39 is 30.3 Å². The second kappa shape index (κ2) is 69.5. The number of hydrogen-bond acceptors (Lipinski definition) is 7. The van der Waals surface area contributed by atoms with Gasteiger partial charge in [0.25, 0.3) is 6.29 Å². The smallest absolute Gasteiger partial charge is 0.361 e. The van der Waals surface area contributed by atoms with Crippen LogP contribution in [0.25, 0.3) is 0 Å². The number of allylic oxidation sites excluding steroid dienone is 36. The predicted molar refractivity (Wildman–Crippen MR) is 391 cm³/mol. The molecule has 0 aliphatic rings. The molecule has 0 aliphatic carbocycles. The number of carbonyl (C=O) groups excluding carboxylic acids is 2. The van der Waals surface area contributed by atoms with E-state index in [1.165, 1.54) is 32.1 Å². The number of quaternary nitrogens is 1. The zero-order chi connectivity index (χ0) is 66.1. The molecule has 2 atom stereocenters. The summed E-state index contributed by atoms with van der Waals surface area (Å²) in [4.78, 5) is 37.6. The summed E-state index contributed by atoms with van der Waals surface area (Å²) in [6.45, 7) is 4.54. The summed E-state index contributed by atoms with van der Waals surface area (Å²) in [5.74, 6) is -2.12. The largest absolute Gasteiger partial charge is 0.477 e. The molecule has 0 radical (unpaired) electrons. The molecule has 0 aromatic heterocycles. The van der Waals surface area contributed by atoms with Gasteiger partial charge in [-0.2, -0.15) is 0 Å². The van der Waals surface area contributed by atoms with Gasteiger partial charge in [-0.3, -0.25) is 9.59 Å². The van der Waals surface area contributed by atoms with Crippen LogP contribution < -0.4 is 0 Å². The van der Waals surface area contributed by atoms with Crippen molar-refractivity contribution in [1.29, 1.82) is 0 Å². The van der Waals surface area contributed by atoms with Crippen LogP contribution in [0.1, 0.15) is 219 Å². The van der Waals surface area contributed by atoms with Crippen molar-refractivity contribution in [2.45, 2.75) is 232 Å². The van der Waals surface area contributed by atoms with E-state index in [0.717, 1.165) is 148 Å². The molecule has 91 heavy (non-hydrogen) atoms. The van der Waals surface area contributed by atoms with Gasteiger partial charge in [-0.25, -0.2) is 4.79 Å². The van der Waals surface area contributed by atoms with E-state index >= 15 is 0 Å². The molecule has 0 fully saturated rings. The Balaban J connectivity index is 4.31. The number of likely N-dealkylation sites (N-methyl/N-ethyl adjacent to an activating group) is 1. The Morgan fingerprint density at radius 3 is 0.912 bits per heavy atom. The van der Waals surface area contributed by atoms with Gasteiger partial charge in [0.05, 0.1) is 34.4 Å². The van der Waals surface area contributed by atoms with Crippen LogP contribution in [-0.4, -0.2) is 87.4 Å². The molecule has 0 rings (SSSR count). The van der Waals surface area contributed by atoms with Crippen LogP contribution in [0.5, 0.6) is 0 Å². The van der Waals surface area contributed by atoms with E-state index in [-0.39, 0.29) is 32.7 Å². The van der Waals surface area contributed by atoms with E-state index in [2.05, 4.69) is 233 Å². The first-order chi connectivity index (χ1) is 44.6.